The van der Waals surface area contributed by atoms with Crippen LogP contribution in [0.2, 0.25) is 0 Å². The molecular formula is C43H24N6O6S5. The number of thiophene rings is 5. The van der Waals surface area contributed by atoms with Crippen molar-refractivity contribution in [2.24, 2.45) is 9.98 Å². The number of rotatable bonds is 12. The number of ether oxygens (including phenoxy) is 4. The summed E-state index contributed by atoms with van der Waals surface area (Å²) in [5, 5.41) is 38.1. The van der Waals surface area contributed by atoms with Crippen molar-refractivity contribution in [2.45, 2.75) is 18.6 Å². The van der Waals surface area contributed by atoms with E-state index in [1.165, 1.54) is 70.9 Å². The van der Waals surface area contributed by atoms with E-state index in [-0.39, 0.29) is 24.6 Å². The number of aliphatic imine (C=N–C) groups is 2. The number of esters is 2. The third-order valence-corrected chi connectivity index (χ3v) is 15.3. The van der Waals surface area contributed by atoms with Crippen molar-refractivity contribution < 1.29 is 28.5 Å². The highest BCUT2D eigenvalue weighted by Crippen LogP contribution is 2.63. The summed E-state index contributed by atoms with van der Waals surface area (Å²) < 4.78 is 25.1. The number of nitriles is 4. The lowest BCUT2D eigenvalue weighted by atomic mass is 9.79. The van der Waals surface area contributed by atoms with E-state index < -0.39 is 17.4 Å². The van der Waals surface area contributed by atoms with Gasteiger partial charge in [0, 0.05) is 32.8 Å². The standard InChI is InChI=1S/C43H24N6O6S5/c1-52-28-14-33(48-25(17-44)18-45)59-37(28)30-13-27-36(56-30)40-35(39-32(58-40)16-31(57-39)38-29(53-2)15-34(60-38)49-26(19-46)20-47)43(27,41(50)54-21-23-9-5-3-6-10-23)42(51)55-22-24-11-7-4-8-12-24/h3-16H,21-22H2,1-2H3. The molecule has 2 aromatic carbocycles. The van der Waals surface area contributed by atoms with Crippen LogP contribution in [-0.2, 0) is 37.7 Å². The highest BCUT2D eigenvalue weighted by Gasteiger charge is 2.61. The molecule has 0 unspecified atom stereocenters. The predicted molar refractivity (Wildman–Crippen MR) is 233 cm³/mol. The van der Waals surface area contributed by atoms with Crippen molar-refractivity contribution in [1.29, 1.82) is 21.0 Å². The fourth-order valence-electron chi connectivity index (χ4n) is 6.61. The second-order valence-electron chi connectivity index (χ2n) is 12.7. The van der Waals surface area contributed by atoms with Crippen molar-refractivity contribution in [3.63, 3.8) is 0 Å². The summed E-state index contributed by atoms with van der Waals surface area (Å²) in [6.45, 7) is -0.220. The third kappa shape index (κ3) is 7.01. The molecule has 0 atom stereocenters. The predicted octanol–water partition coefficient (Wildman–Crippen LogP) is 10.5. The molecule has 1 aliphatic carbocycles. The molecule has 5 aromatic heterocycles. The van der Waals surface area contributed by atoms with Gasteiger partial charge in [0.15, 0.2) is 0 Å². The van der Waals surface area contributed by atoms with Gasteiger partial charge in [-0.05, 0) is 23.3 Å². The summed E-state index contributed by atoms with van der Waals surface area (Å²) in [6.07, 6.45) is 0. The average Bonchev–Trinajstić information content (AvgIpc) is 4.14. The van der Waals surface area contributed by atoms with Gasteiger partial charge in [-0.25, -0.2) is 9.98 Å². The minimum absolute atomic E-state index is 0.110. The van der Waals surface area contributed by atoms with E-state index >= 15 is 9.59 Å². The topological polar surface area (TPSA) is 191 Å². The van der Waals surface area contributed by atoms with E-state index in [1.54, 1.807) is 42.5 Å². The van der Waals surface area contributed by atoms with E-state index in [4.69, 9.17) is 18.9 Å². The Labute approximate surface area is 361 Å². The number of benzene rings is 2. The average molecular weight is 881 g/mol. The Morgan fingerprint density at radius 1 is 0.600 bits per heavy atom. The molecule has 0 fully saturated rings. The molecule has 292 valence electrons. The maximum Gasteiger partial charge on any atom is 0.333 e. The van der Waals surface area contributed by atoms with E-state index in [0.29, 0.717) is 61.7 Å². The molecule has 5 heterocycles. The highest BCUT2D eigenvalue weighted by molar-refractivity contribution is 7.35. The first kappa shape index (κ1) is 39.8. The first-order valence-electron chi connectivity index (χ1n) is 17.5. The summed E-state index contributed by atoms with van der Waals surface area (Å²) in [6, 6.07) is 32.5. The maximum absolute atomic E-state index is 15.2. The zero-order valence-electron chi connectivity index (χ0n) is 31.2. The van der Waals surface area contributed by atoms with Gasteiger partial charge in [-0.3, -0.25) is 9.59 Å². The molecule has 7 aromatic rings. The molecule has 12 nitrogen and oxygen atoms in total. The van der Waals surface area contributed by atoms with Crippen LogP contribution >= 0.6 is 56.7 Å². The lowest BCUT2D eigenvalue weighted by Crippen LogP contribution is -2.45. The third-order valence-electron chi connectivity index (χ3n) is 9.24. The van der Waals surface area contributed by atoms with Crippen LogP contribution in [0.15, 0.2) is 94.9 Å². The van der Waals surface area contributed by atoms with Gasteiger partial charge >= 0.3 is 11.9 Å². The quantitative estimate of drug-likeness (QED) is 0.0648. The zero-order chi connectivity index (χ0) is 42.0. The van der Waals surface area contributed by atoms with Crippen LogP contribution in [0.4, 0.5) is 10.0 Å². The van der Waals surface area contributed by atoms with Crippen molar-refractivity contribution in [3.8, 4) is 65.0 Å². The molecule has 0 saturated heterocycles. The molecule has 0 bridgehead atoms. The van der Waals surface area contributed by atoms with Crippen LogP contribution in [0.3, 0.4) is 0 Å². The normalized spacial score (nSPS) is 11.8. The number of carbonyl (C=O) groups excluding carboxylic acids is 2. The Bertz CT molecular complexity index is 2980. The number of hydrogen-bond donors (Lipinski definition) is 0. The van der Waals surface area contributed by atoms with Crippen molar-refractivity contribution in [3.05, 3.63) is 107 Å². The molecule has 8 rings (SSSR count). The molecule has 0 aliphatic heterocycles. The summed E-state index contributed by atoms with van der Waals surface area (Å²) >= 11 is 6.58. The van der Waals surface area contributed by atoms with E-state index in [1.807, 2.05) is 66.7 Å². The minimum atomic E-state index is -2.08. The van der Waals surface area contributed by atoms with Crippen LogP contribution in [0.5, 0.6) is 11.5 Å². The Kier molecular flexibility index (Phi) is 11.1. The lowest BCUT2D eigenvalue weighted by Gasteiger charge is -2.26. The van der Waals surface area contributed by atoms with Crippen LogP contribution in [0.1, 0.15) is 22.3 Å². The van der Waals surface area contributed by atoms with Crippen molar-refractivity contribution >= 4 is 99.4 Å². The molecule has 0 spiro atoms. The number of carbonyl (C=O) groups is 2. The van der Waals surface area contributed by atoms with Gasteiger partial charge in [0.2, 0.25) is 16.8 Å². The van der Waals surface area contributed by atoms with Gasteiger partial charge in [-0.2, -0.15) is 21.0 Å². The summed E-state index contributed by atoms with van der Waals surface area (Å²) in [5.41, 5.74) is -0.411. The minimum Gasteiger partial charge on any atom is -0.495 e. The molecule has 0 amide bonds. The fraction of sp³-hybridized carbons (Fsp3) is 0.116. The van der Waals surface area contributed by atoms with Gasteiger partial charge in [0.25, 0.3) is 0 Å². The van der Waals surface area contributed by atoms with E-state index in [0.717, 1.165) is 20.7 Å². The summed E-state index contributed by atoms with van der Waals surface area (Å²) in [4.78, 5) is 42.8. The zero-order valence-corrected chi connectivity index (χ0v) is 35.3. The van der Waals surface area contributed by atoms with Crippen LogP contribution in [0, 0.1) is 45.3 Å². The number of hydrogen-bond acceptors (Lipinski definition) is 17. The Balaban J connectivity index is 1.34. The largest absolute Gasteiger partial charge is 0.495 e. The summed E-state index contributed by atoms with van der Waals surface area (Å²) in [5.74, 6) is -0.722. The van der Waals surface area contributed by atoms with Gasteiger partial charge < -0.3 is 18.9 Å². The number of methoxy groups -OCH3 is 2. The Hall–Kier alpha value is -6.96. The van der Waals surface area contributed by atoms with Crippen molar-refractivity contribution in [1.82, 2.24) is 0 Å². The molecular weight excluding hydrogens is 857 g/mol. The monoisotopic (exact) mass is 880 g/mol. The Morgan fingerprint density at radius 3 is 1.55 bits per heavy atom. The first-order chi connectivity index (χ1) is 29.2. The molecule has 60 heavy (non-hydrogen) atoms. The van der Waals surface area contributed by atoms with Crippen LogP contribution in [0.25, 0.3) is 38.7 Å². The molecule has 0 N–H and O–H groups in total. The van der Waals surface area contributed by atoms with E-state index in [9.17, 15) is 21.0 Å². The second kappa shape index (κ2) is 16.7. The van der Waals surface area contributed by atoms with Gasteiger partial charge in [0.05, 0.1) is 43.3 Å². The molecule has 17 heteroatoms. The Morgan fingerprint density at radius 2 is 1.08 bits per heavy atom. The van der Waals surface area contributed by atoms with Crippen LogP contribution < -0.4 is 9.47 Å². The fourth-order valence-corrected chi connectivity index (χ4v) is 12.9. The van der Waals surface area contributed by atoms with Gasteiger partial charge in [0.1, 0.15) is 59.0 Å². The SMILES string of the molecule is COc1cc(N=C(C#N)C#N)sc1-c1cc2c(s1)-c1sc3cc(-c4sc(N=C(C#N)C#N)cc4OC)sc3c1C2(C(=O)OCc1ccccc1)C(=O)OCc1ccccc1. The smallest absolute Gasteiger partial charge is 0.333 e. The van der Waals surface area contributed by atoms with Gasteiger partial charge in [-0.15, -0.1) is 56.7 Å². The van der Waals surface area contributed by atoms with Crippen LogP contribution in [-0.4, -0.2) is 37.6 Å². The van der Waals surface area contributed by atoms with Gasteiger partial charge in [-0.1, -0.05) is 60.7 Å². The highest BCUT2D eigenvalue weighted by atomic mass is 32.1. The molecule has 0 saturated carbocycles. The second-order valence-corrected chi connectivity index (χ2v) is 17.9. The lowest BCUT2D eigenvalue weighted by molar-refractivity contribution is -0.164. The number of nitrogens with zero attached hydrogens (tertiary/aromatic N) is 6. The summed E-state index contributed by atoms with van der Waals surface area (Å²) in [7, 11) is 3.01. The first-order valence-corrected chi connectivity index (χ1v) is 21.6. The van der Waals surface area contributed by atoms with E-state index in [2.05, 4.69) is 9.98 Å². The molecule has 1 aliphatic rings. The van der Waals surface area contributed by atoms with Crippen molar-refractivity contribution in [2.75, 3.05) is 14.2 Å². The number of fused-ring (bicyclic) bond motifs is 5. The maximum atomic E-state index is 15.2. The molecule has 0 radical (unpaired) electrons.